The lowest BCUT2D eigenvalue weighted by atomic mass is 9.92. The average molecular weight is 198 g/mol. The molecule has 1 fully saturated rings. The lowest BCUT2D eigenvalue weighted by molar-refractivity contribution is -0.0106. The van der Waals surface area contributed by atoms with Gasteiger partial charge in [0.15, 0.2) is 0 Å². The molecule has 1 aliphatic rings. The van der Waals surface area contributed by atoms with Crippen molar-refractivity contribution in [2.45, 2.75) is 51.6 Å². The van der Waals surface area contributed by atoms with Gasteiger partial charge in [-0.2, -0.15) is 0 Å². The van der Waals surface area contributed by atoms with Crippen molar-refractivity contribution in [3.63, 3.8) is 0 Å². The van der Waals surface area contributed by atoms with Crippen molar-refractivity contribution in [1.29, 1.82) is 0 Å². The van der Waals surface area contributed by atoms with Crippen LogP contribution >= 0.6 is 0 Å². The van der Waals surface area contributed by atoms with Gasteiger partial charge in [-0.05, 0) is 39.0 Å². The van der Waals surface area contributed by atoms with E-state index in [-0.39, 0.29) is 5.60 Å². The molecule has 0 bridgehead atoms. The van der Waals surface area contributed by atoms with Crippen molar-refractivity contribution in [3.8, 4) is 0 Å². The first-order valence-corrected chi connectivity index (χ1v) is 5.70. The van der Waals surface area contributed by atoms with Gasteiger partial charge < -0.3 is 9.47 Å². The third-order valence-corrected chi connectivity index (χ3v) is 2.96. The largest absolute Gasteiger partial charge is 0.502 e. The van der Waals surface area contributed by atoms with Crippen LogP contribution in [0.25, 0.3) is 0 Å². The second-order valence-corrected chi connectivity index (χ2v) is 3.93. The van der Waals surface area contributed by atoms with Crippen molar-refractivity contribution in [2.75, 3.05) is 13.2 Å². The van der Waals surface area contributed by atoms with Crippen LogP contribution in [-0.4, -0.2) is 18.8 Å². The molecule has 1 unspecified atom stereocenters. The van der Waals surface area contributed by atoms with Crippen LogP contribution in [0.2, 0.25) is 0 Å². The van der Waals surface area contributed by atoms with E-state index in [9.17, 15) is 0 Å². The molecule has 1 rings (SSSR count). The number of rotatable bonds is 6. The van der Waals surface area contributed by atoms with Crippen LogP contribution in [-0.2, 0) is 9.47 Å². The van der Waals surface area contributed by atoms with Crippen LogP contribution in [0, 0.1) is 0 Å². The summed E-state index contributed by atoms with van der Waals surface area (Å²) in [6.07, 6.45) is 9.50. The Morgan fingerprint density at radius 3 is 2.93 bits per heavy atom. The fourth-order valence-electron chi connectivity index (χ4n) is 2.05. The first-order chi connectivity index (χ1) is 6.83. The molecule has 1 atom stereocenters. The van der Waals surface area contributed by atoms with Gasteiger partial charge in [-0.1, -0.05) is 13.0 Å². The number of allylic oxidation sites excluding steroid dienone is 1. The summed E-state index contributed by atoms with van der Waals surface area (Å²) in [7, 11) is 0. The molecule has 0 N–H and O–H groups in total. The van der Waals surface area contributed by atoms with E-state index in [1.165, 1.54) is 12.8 Å². The highest BCUT2D eigenvalue weighted by Gasteiger charge is 2.32. The second kappa shape index (κ2) is 6.07. The summed E-state index contributed by atoms with van der Waals surface area (Å²) in [4.78, 5) is 0. The minimum atomic E-state index is 0.180. The van der Waals surface area contributed by atoms with E-state index in [2.05, 4.69) is 6.92 Å². The monoisotopic (exact) mass is 198 g/mol. The molecule has 2 heteroatoms. The molecule has 1 saturated heterocycles. The number of hydrogen-bond acceptors (Lipinski definition) is 2. The van der Waals surface area contributed by atoms with E-state index in [4.69, 9.17) is 9.47 Å². The van der Waals surface area contributed by atoms with Crippen molar-refractivity contribution < 1.29 is 9.47 Å². The molecule has 0 radical (unpaired) electrons. The third-order valence-electron chi connectivity index (χ3n) is 2.96. The van der Waals surface area contributed by atoms with Gasteiger partial charge in [-0.15, -0.1) is 0 Å². The molecule has 82 valence electrons. The Labute approximate surface area is 87.3 Å². The van der Waals surface area contributed by atoms with Crippen LogP contribution in [0.1, 0.15) is 46.0 Å². The Morgan fingerprint density at radius 2 is 2.36 bits per heavy atom. The molecule has 0 saturated carbocycles. The van der Waals surface area contributed by atoms with Crippen LogP contribution in [0.3, 0.4) is 0 Å². The smallest absolute Gasteiger partial charge is 0.0874 e. The van der Waals surface area contributed by atoms with Crippen molar-refractivity contribution >= 4 is 0 Å². The Kier molecular flexibility index (Phi) is 5.02. The maximum Gasteiger partial charge on any atom is 0.0874 e. The topological polar surface area (TPSA) is 18.5 Å². The first-order valence-electron chi connectivity index (χ1n) is 5.70. The third kappa shape index (κ3) is 3.33. The summed E-state index contributed by atoms with van der Waals surface area (Å²) in [6, 6.07) is 0. The van der Waals surface area contributed by atoms with Gasteiger partial charge in [0.05, 0.1) is 18.5 Å². The average Bonchev–Trinajstić information content (AvgIpc) is 2.67. The van der Waals surface area contributed by atoms with Crippen LogP contribution in [0.4, 0.5) is 0 Å². The normalized spacial score (nSPS) is 27.3. The summed E-state index contributed by atoms with van der Waals surface area (Å²) in [6.45, 7) is 5.95. The Morgan fingerprint density at radius 1 is 1.50 bits per heavy atom. The minimum Gasteiger partial charge on any atom is -0.502 e. The maximum atomic E-state index is 5.82. The van der Waals surface area contributed by atoms with Crippen molar-refractivity contribution in [2.24, 2.45) is 0 Å². The molecular weight excluding hydrogens is 176 g/mol. The maximum absolute atomic E-state index is 5.82. The van der Waals surface area contributed by atoms with E-state index in [1.54, 1.807) is 6.26 Å². The molecule has 0 aromatic rings. The van der Waals surface area contributed by atoms with Crippen LogP contribution in [0.15, 0.2) is 12.3 Å². The van der Waals surface area contributed by atoms with Gasteiger partial charge >= 0.3 is 0 Å². The van der Waals surface area contributed by atoms with Gasteiger partial charge in [0.2, 0.25) is 0 Å². The van der Waals surface area contributed by atoms with Crippen LogP contribution in [0.5, 0.6) is 0 Å². The molecule has 0 aromatic heterocycles. The zero-order chi connectivity index (χ0) is 10.3. The second-order valence-electron chi connectivity index (χ2n) is 3.93. The molecule has 1 aliphatic heterocycles. The summed E-state index contributed by atoms with van der Waals surface area (Å²) in [5.41, 5.74) is 0.180. The zero-order valence-corrected chi connectivity index (χ0v) is 9.42. The lowest BCUT2D eigenvalue weighted by Gasteiger charge is -2.26. The van der Waals surface area contributed by atoms with E-state index in [0.29, 0.717) is 0 Å². The summed E-state index contributed by atoms with van der Waals surface area (Å²) in [5.74, 6) is 0. The molecule has 0 aromatic carbocycles. The predicted octanol–water partition coefficient (Wildman–Crippen LogP) is 3.28. The molecular formula is C12H22O2. The summed E-state index contributed by atoms with van der Waals surface area (Å²) in [5, 5.41) is 0. The van der Waals surface area contributed by atoms with Crippen molar-refractivity contribution in [3.05, 3.63) is 12.3 Å². The summed E-state index contributed by atoms with van der Waals surface area (Å²) >= 11 is 0. The molecule has 2 nitrogen and oxygen atoms in total. The molecule has 0 amide bonds. The number of hydrogen-bond donors (Lipinski definition) is 0. The Bertz CT molecular complexity index is 169. The molecule has 0 spiro atoms. The minimum absolute atomic E-state index is 0.180. The highest BCUT2D eigenvalue weighted by atomic mass is 16.5. The van der Waals surface area contributed by atoms with E-state index < -0.39 is 0 Å². The highest BCUT2D eigenvalue weighted by molar-refractivity contribution is 4.83. The quantitative estimate of drug-likeness (QED) is 0.481. The highest BCUT2D eigenvalue weighted by Crippen LogP contribution is 2.33. The molecule has 1 heterocycles. The Hall–Kier alpha value is -0.500. The van der Waals surface area contributed by atoms with Crippen LogP contribution < -0.4 is 0 Å². The van der Waals surface area contributed by atoms with Gasteiger partial charge in [0, 0.05) is 6.61 Å². The summed E-state index contributed by atoms with van der Waals surface area (Å²) < 4.78 is 11.1. The lowest BCUT2D eigenvalue weighted by Crippen LogP contribution is -2.26. The van der Waals surface area contributed by atoms with Gasteiger partial charge in [0.1, 0.15) is 0 Å². The van der Waals surface area contributed by atoms with Crippen molar-refractivity contribution in [1.82, 2.24) is 0 Å². The van der Waals surface area contributed by atoms with E-state index in [1.807, 2.05) is 13.0 Å². The fourth-order valence-corrected chi connectivity index (χ4v) is 2.05. The SMILES string of the molecule is C/C=C/OCCCC1(CC)CCCO1. The van der Waals surface area contributed by atoms with Gasteiger partial charge in [-0.25, -0.2) is 0 Å². The number of ether oxygens (including phenoxy) is 2. The molecule has 0 aliphatic carbocycles. The standard InChI is InChI=1S/C12H22O2/c1-3-9-13-10-5-7-12(4-2)8-6-11-14-12/h3,9H,4-8,10-11H2,1-2H3/b9-3+. The van der Waals surface area contributed by atoms with Gasteiger partial charge in [0.25, 0.3) is 0 Å². The zero-order valence-electron chi connectivity index (χ0n) is 9.42. The predicted molar refractivity (Wildman–Crippen MR) is 58.2 cm³/mol. The fraction of sp³-hybridized carbons (Fsp3) is 0.833. The molecule has 14 heavy (non-hydrogen) atoms. The van der Waals surface area contributed by atoms with E-state index in [0.717, 1.165) is 32.5 Å². The Balaban J connectivity index is 2.14. The first kappa shape index (κ1) is 11.6. The van der Waals surface area contributed by atoms with Gasteiger partial charge in [-0.3, -0.25) is 0 Å². The van der Waals surface area contributed by atoms with E-state index >= 15 is 0 Å².